The Balaban J connectivity index is 3.34. The van der Waals surface area contributed by atoms with Gasteiger partial charge in [0.15, 0.2) is 5.69 Å². The molecule has 1 rings (SSSR count). The molecule has 1 aromatic rings. The number of rotatable bonds is 1. The minimum atomic E-state index is -1.23. The van der Waals surface area contributed by atoms with Gasteiger partial charge < -0.3 is 10.9 Å². The van der Waals surface area contributed by atoms with Crippen molar-refractivity contribution in [3.05, 3.63) is 23.3 Å². The first kappa shape index (κ1) is 7.59. The van der Waals surface area contributed by atoms with Gasteiger partial charge in [-0.2, -0.15) is 0 Å². The van der Waals surface area contributed by atoms with E-state index in [2.05, 4.69) is 0 Å². The Morgan fingerprint density at radius 1 is 1.82 bits per heavy atom. The van der Waals surface area contributed by atoms with Crippen molar-refractivity contribution in [2.45, 2.75) is 6.92 Å². The Labute approximate surface area is 62.0 Å². The molecule has 5 heteroatoms. The molecule has 1 heterocycles. The topological polar surface area (TPSA) is 68.2 Å². The number of hydrogen-bond donors (Lipinski definition) is 2. The third-order valence-electron chi connectivity index (χ3n) is 1.43. The summed E-state index contributed by atoms with van der Waals surface area (Å²) in [5, 5.41) is 8.49. The lowest BCUT2D eigenvalue weighted by Gasteiger charge is -1.96. The maximum absolute atomic E-state index is 12.6. The summed E-state index contributed by atoms with van der Waals surface area (Å²) in [6.45, 7) is 1.36. The third kappa shape index (κ3) is 1.04. The van der Waals surface area contributed by atoms with E-state index in [1.165, 1.54) is 6.92 Å². The van der Waals surface area contributed by atoms with Crippen LogP contribution in [-0.2, 0) is 0 Å². The van der Waals surface area contributed by atoms with Crippen LogP contribution in [0.5, 0.6) is 0 Å². The molecule has 4 nitrogen and oxygen atoms in total. The van der Waals surface area contributed by atoms with Crippen LogP contribution in [0.15, 0.2) is 6.20 Å². The molecule has 0 fully saturated rings. The summed E-state index contributed by atoms with van der Waals surface area (Å²) in [6.07, 6.45) is 0.929. The first-order chi connectivity index (χ1) is 5.04. The number of aromatic carboxylic acids is 1. The molecular weight excluding hydrogens is 151 g/mol. The molecule has 0 aliphatic carbocycles. The lowest BCUT2D eigenvalue weighted by atomic mass is 10.3. The summed E-state index contributed by atoms with van der Waals surface area (Å²) in [4.78, 5) is 10.4. The molecule has 0 saturated heterocycles. The Kier molecular flexibility index (Phi) is 1.56. The second-order valence-corrected chi connectivity index (χ2v) is 2.16. The Morgan fingerprint density at radius 3 is 2.55 bits per heavy atom. The summed E-state index contributed by atoms with van der Waals surface area (Å²) in [6, 6.07) is 0. The molecule has 0 amide bonds. The number of hydrogen-bond acceptors (Lipinski definition) is 2. The van der Waals surface area contributed by atoms with E-state index in [4.69, 9.17) is 10.9 Å². The first-order valence-electron chi connectivity index (χ1n) is 2.90. The molecule has 11 heavy (non-hydrogen) atoms. The fourth-order valence-corrected chi connectivity index (χ4v) is 0.861. The van der Waals surface area contributed by atoms with Gasteiger partial charge in [-0.05, 0) is 6.92 Å². The minimum absolute atomic E-state index is 0.0556. The smallest absolute Gasteiger partial charge is 0.354 e. The summed E-state index contributed by atoms with van der Waals surface area (Å²) in [5.41, 5.74) is -0.164. The fraction of sp³-hybridized carbons (Fsp3) is 0.167. The average molecular weight is 158 g/mol. The Hall–Kier alpha value is -1.52. The number of nitrogen functional groups attached to an aromatic ring is 1. The van der Waals surface area contributed by atoms with Crippen LogP contribution < -0.4 is 5.84 Å². The van der Waals surface area contributed by atoms with Gasteiger partial charge in [0, 0.05) is 5.56 Å². The van der Waals surface area contributed by atoms with Crippen molar-refractivity contribution in [1.82, 2.24) is 4.68 Å². The zero-order valence-electron chi connectivity index (χ0n) is 5.84. The van der Waals surface area contributed by atoms with Gasteiger partial charge in [0.1, 0.15) is 5.82 Å². The van der Waals surface area contributed by atoms with E-state index in [1.54, 1.807) is 0 Å². The highest BCUT2D eigenvalue weighted by Gasteiger charge is 2.16. The minimum Gasteiger partial charge on any atom is -0.477 e. The number of carboxylic acid groups (broad SMARTS) is 1. The molecule has 1 aromatic heterocycles. The van der Waals surface area contributed by atoms with Gasteiger partial charge in [-0.3, -0.25) is 4.68 Å². The SMILES string of the molecule is Cc1c(F)cn(N)c1C(=O)O. The molecule has 0 aromatic carbocycles. The molecule has 3 N–H and O–H groups in total. The molecule has 60 valence electrons. The van der Waals surface area contributed by atoms with Crippen LogP contribution in [0.2, 0.25) is 0 Å². The normalized spacial score (nSPS) is 10.0. The van der Waals surface area contributed by atoms with Crippen LogP contribution in [0.1, 0.15) is 16.1 Å². The fourth-order valence-electron chi connectivity index (χ4n) is 0.861. The lowest BCUT2D eigenvalue weighted by molar-refractivity contribution is 0.0686. The van der Waals surface area contributed by atoms with E-state index in [-0.39, 0.29) is 11.3 Å². The molecular formula is C6H7FN2O2. The van der Waals surface area contributed by atoms with Crippen molar-refractivity contribution in [3.63, 3.8) is 0 Å². The number of nitrogens with zero attached hydrogens (tertiary/aromatic N) is 1. The molecule has 0 unspecified atom stereocenters. The number of carbonyl (C=O) groups is 1. The largest absolute Gasteiger partial charge is 0.477 e. The molecule has 0 atom stereocenters. The van der Waals surface area contributed by atoms with Crippen LogP contribution >= 0.6 is 0 Å². The summed E-state index contributed by atoms with van der Waals surface area (Å²) in [7, 11) is 0. The van der Waals surface area contributed by atoms with E-state index in [0.717, 1.165) is 10.9 Å². The molecule has 0 aliphatic heterocycles. The molecule has 0 aliphatic rings. The van der Waals surface area contributed by atoms with Gasteiger partial charge in [0.25, 0.3) is 0 Å². The van der Waals surface area contributed by atoms with E-state index in [0.29, 0.717) is 0 Å². The van der Waals surface area contributed by atoms with Gasteiger partial charge in [-0.15, -0.1) is 0 Å². The van der Waals surface area contributed by atoms with Crippen molar-refractivity contribution >= 4 is 5.97 Å². The predicted octanol–water partition coefficient (Wildman–Crippen LogP) is 0.348. The molecule has 0 radical (unpaired) electrons. The van der Waals surface area contributed by atoms with Crippen LogP contribution in [-0.4, -0.2) is 15.8 Å². The Bertz CT molecular complexity index is 306. The number of aromatic nitrogens is 1. The molecule has 0 saturated carbocycles. The van der Waals surface area contributed by atoms with E-state index < -0.39 is 11.8 Å². The highest BCUT2D eigenvalue weighted by atomic mass is 19.1. The summed E-state index contributed by atoms with van der Waals surface area (Å²) in [5.74, 6) is 3.30. The third-order valence-corrected chi connectivity index (χ3v) is 1.43. The zero-order chi connectivity index (χ0) is 8.59. The highest BCUT2D eigenvalue weighted by molar-refractivity contribution is 5.87. The van der Waals surface area contributed by atoms with Gasteiger partial charge in [-0.1, -0.05) is 0 Å². The first-order valence-corrected chi connectivity index (χ1v) is 2.90. The van der Waals surface area contributed by atoms with E-state index in [1.807, 2.05) is 0 Å². The maximum atomic E-state index is 12.6. The van der Waals surface area contributed by atoms with E-state index >= 15 is 0 Å². The second-order valence-electron chi connectivity index (χ2n) is 2.16. The van der Waals surface area contributed by atoms with Gasteiger partial charge in [-0.25, -0.2) is 9.18 Å². The van der Waals surface area contributed by atoms with Gasteiger partial charge in [0.2, 0.25) is 0 Å². The Morgan fingerprint density at radius 2 is 2.36 bits per heavy atom. The van der Waals surface area contributed by atoms with Crippen LogP contribution in [0.4, 0.5) is 4.39 Å². The number of carboxylic acids is 1. The monoisotopic (exact) mass is 158 g/mol. The highest BCUT2D eigenvalue weighted by Crippen LogP contribution is 2.11. The van der Waals surface area contributed by atoms with Gasteiger partial charge in [0.05, 0.1) is 6.20 Å². The zero-order valence-corrected chi connectivity index (χ0v) is 5.84. The molecule has 0 bridgehead atoms. The van der Waals surface area contributed by atoms with Crippen molar-refractivity contribution in [3.8, 4) is 0 Å². The van der Waals surface area contributed by atoms with E-state index in [9.17, 15) is 9.18 Å². The lowest BCUT2D eigenvalue weighted by Crippen LogP contribution is -2.15. The standard InChI is InChI=1S/C6H7FN2O2/c1-3-4(7)2-9(8)5(3)6(10)11/h2H,8H2,1H3,(H,10,11). The number of nitrogens with two attached hydrogens (primary N) is 1. The summed E-state index contributed by atoms with van der Waals surface area (Å²) < 4.78 is 13.4. The van der Waals surface area contributed by atoms with Crippen molar-refractivity contribution < 1.29 is 14.3 Å². The maximum Gasteiger partial charge on any atom is 0.354 e. The molecule has 0 spiro atoms. The summed E-state index contributed by atoms with van der Waals surface area (Å²) >= 11 is 0. The van der Waals surface area contributed by atoms with Crippen molar-refractivity contribution in [2.75, 3.05) is 5.84 Å². The second kappa shape index (κ2) is 2.26. The average Bonchev–Trinajstić information content (AvgIpc) is 2.07. The van der Waals surface area contributed by atoms with Crippen LogP contribution in [0, 0.1) is 12.7 Å². The van der Waals surface area contributed by atoms with Crippen LogP contribution in [0.3, 0.4) is 0 Å². The van der Waals surface area contributed by atoms with Crippen LogP contribution in [0.25, 0.3) is 0 Å². The van der Waals surface area contributed by atoms with Gasteiger partial charge >= 0.3 is 5.97 Å². The van der Waals surface area contributed by atoms with Crippen molar-refractivity contribution in [2.24, 2.45) is 0 Å². The predicted molar refractivity (Wildman–Crippen MR) is 36.2 cm³/mol. The number of halogens is 1. The quantitative estimate of drug-likeness (QED) is 0.579. The van der Waals surface area contributed by atoms with Crippen molar-refractivity contribution in [1.29, 1.82) is 0 Å².